The third-order valence-corrected chi connectivity index (χ3v) is 3.57. The molecule has 0 spiro atoms. The zero-order chi connectivity index (χ0) is 15.2. The Balaban J connectivity index is 2.20. The fourth-order valence-electron chi connectivity index (χ4n) is 2.36. The van der Waals surface area contributed by atoms with Crippen molar-refractivity contribution in [2.24, 2.45) is 5.73 Å². The van der Waals surface area contributed by atoms with Gasteiger partial charge in [0.15, 0.2) is 0 Å². The molecule has 0 aliphatic carbocycles. The van der Waals surface area contributed by atoms with Crippen molar-refractivity contribution in [3.63, 3.8) is 0 Å². The van der Waals surface area contributed by atoms with Gasteiger partial charge in [-0.25, -0.2) is 9.67 Å². The van der Waals surface area contributed by atoms with Crippen molar-refractivity contribution in [1.82, 2.24) is 14.8 Å². The largest absolute Gasteiger partial charge is 0.362 e. The van der Waals surface area contributed by atoms with Crippen LogP contribution in [0.5, 0.6) is 0 Å². The van der Waals surface area contributed by atoms with Crippen LogP contribution in [0.2, 0.25) is 0 Å². The molecule has 114 valence electrons. The maximum Gasteiger partial charge on any atom is 0.146 e. The number of hydrogen-bond acceptors (Lipinski definition) is 4. The van der Waals surface area contributed by atoms with E-state index in [1.807, 2.05) is 4.68 Å². The number of aromatic nitrogens is 3. The summed E-state index contributed by atoms with van der Waals surface area (Å²) in [6.45, 7) is 8.78. The van der Waals surface area contributed by atoms with Crippen molar-refractivity contribution in [3.05, 3.63) is 42.0 Å². The van der Waals surface area contributed by atoms with Gasteiger partial charge in [-0.3, -0.25) is 0 Å². The molecule has 2 aromatic rings. The molecule has 2 rings (SSSR count). The van der Waals surface area contributed by atoms with E-state index in [2.05, 4.69) is 60.0 Å². The lowest BCUT2D eigenvalue weighted by Crippen LogP contribution is -2.31. The molecule has 0 radical (unpaired) electrons. The molecule has 0 atom stereocenters. The van der Waals surface area contributed by atoms with Gasteiger partial charge in [0, 0.05) is 24.8 Å². The van der Waals surface area contributed by atoms with E-state index < -0.39 is 0 Å². The number of aryl methyl sites for hydroxylation is 1. The topological polar surface area (TPSA) is 60.0 Å². The van der Waals surface area contributed by atoms with Crippen LogP contribution >= 0.6 is 0 Å². The second-order valence-electron chi connectivity index (χ2n) is 5.49. The summed E-state index contributed by atoms with van der Waals surface area (Å²) >= 11 is 0. The zero-order valence-corrected chi connectivity index (χ0v) is 13.2. The Hall–Kier alpha value is -1.88. The summed E-state index contributed by atoms with van der Waals surface area (Å²) in [4.78, 5) is 6.74. The molecule has 1 aromatic carbocycles. The third kappa shape index (κ3) is 3.82. The van der Waals surface area contributed by atoms with Gasteiger partial charge in [-0.05, 0) is 38.0 Å². The molecule has 0 aliphatic rings. The fourth-order valence-corrected chi connectivity index (χ4v) is 2.36. The van der Waals surface area contributed by atoms with Gasteiger partial charge >= 0.3 is 0 Å². The number of nitrogens with zero attached hydrogens (tertiary/aromatic N) is 4. The Morgan fingerprint density at radius 3 is 2.52 bits per heavy atom. The minimum Gasteiger partial charge on any atom is -0.362 e. The van der Waals surface area contributed by atoms with Crippen molar-refractivity contribution in [3.8, 4) is 0 Å². The highest BCUT2D eigenvalue weighted by Gasteiger charge is 2.14. The summed E-state index contributed by atoms with van der Waals surface area (Å²) in [6.07, 6.45) is 2.70. The van der Waals surface area contributed by atoms with Crippen LogP contribution in [0.1, 0.15) is 38.6 Å². The Morgan fingerprint density at radius 1 is 1.24 bits per heavy atom. The molecule has 1 aromatic heterocycles. The average molecular weight is 287 g/mol. The van der Waals surface area contributed by atoms with Crippen molar-refractivity contribution < 1.29 is 0 Å². The summed E-state index contributed by atoms with van der Waals surface area (Å²) < 4.78 is 1.99. The molecule has 0 saturated carbocycles. The highest BCUT2D eigenvalue weighted by Crippen LogP contribution is 2.20. The average Bonchev–Trinajstić information content (AvgIpc) is 2.92. The molecule has 2 N–H and O–H groups in total. The van der Waals surface area contributed by atoms with Crippen LogP contribution in [0.15, 0.2) is 30.6 Å². The van der Waals surface area contributed by atoms with Crippen molar-refractivity contribution in [1.29, 1.82) is 0 Å². The third-order valence-electron chi connectivity index (χ3n) is 3.57. The molecule has 0 amide bonds. The predicted molar refractivity (Wildman–Crippen MR) is 86.0 cm³/mol. The van der Waals surface area contributed by atoms with Crippen LogP contribution < -0.4 is 10.6 Å². The van der Waals surface area contributed by atoms with Crippen LogP contribution in [0.25, 0.3) is 0 Å². The first-order chi connectivity index (χ1) is 10.2. The highest BCUT2D eigenvalue weighted by molar-refractivity contribution is 5.48. The number of hydrogen-bond donors (Lipinski definition) is 1. The molecule has 21 heavy (non-hydrogen) atoms. The van der Waals surface area contributed by atoms with Gasteiger partial charge in [0.05, 0.1) is 6.54 Å². The molecule has 0 fully saturated rings. The fraction of sp³-hybridized carbons (Fsp3) is 0.500. The van der Waals surface area contributed by atoms with Gasteiger partial charge in [0.2, 0.25) is 0 Å². The lowest BCUT2D eigenvalue weighted by molar-refractivity contribution is 0.550. The first-order valence-corrected chi connectivity index (χ1v) is 7.58. The molecular formula is C16H25N5. The van der Waals surface area contributed by atoms with Crippen LogP contribution in [-0.4, -0.2) is 20.8 Å². The molecule has 0 bridgehead atoms. The Bertz CT molecular complexity index is 544. The molecule has 1 heterocycles. The first-order valence-electron chi connectivity index (χ1n) is 7.58. The normalized spacial score (nSPS) is 11.1. The summed E-state index contributed by atoms with van der Waals surface area (Å²) in [5, 5.41) is 4.30. The number of benzene rings is 1. The lowest BCUT2D eigenvalue weighted by atomic mass is 10.1. The Kier molecular flexibility index (Phi) is 5.33. The summed E-state index contributed by atoms with van der Waals surface area (Å²) in [6, 6.07) is 8.81. The van der Waals surface area contributed by atoms with Gasteiger partial charge in [0.1, 0.15) is 12.2 Å². The summed E-state index contributed by atoms with van der Waals surface area (Å²) in [7, 11) is 0. The predicted octanol–water partition coefficient (Wildman–Crippen LogP) is 2.56. The van der Waals surface area contributed by atoms with Gasteiger partial charge in [-0.1, -0.05) is 19.1 Å². The molecular weight excluding hydrogens is 262 g/mol. The van der Waals surface area contributed by atoms with E-state index in [1.54, 1.807) is 6.33 Å². The van der Waals surface area contributed by atoms with Crippen LogP contribution in [-0.2, 0) is 19.6 Å². The van der Waals surface area contributed by atoms with Crippen molar-refractivity contribution in [2.45, 2.75) is 52.9 Å². The van der Waals surface area contributed by atoms with Crippen LogP contribution in [0.4, 0.5) is 5.69 Å². The number of nitrogens with two attached hydrogens (primary N) is 1. The summed E-state index contributed by atoms with van der Waals surface area (Å²) in [5.74, 6) is 1.01. The first kappa shape index (κ1) is 15.5. The number of anilines is 1. The van der Waals surface area contributed by atoms with E-state index in [0.29, 0.717) is 12.6 Å². The van der Waals surface area contributed by atoms with E-state index in [4.69, 9.17) is 5.73 Å². The lowest BCUT2D eigenvalue weighted by Gasteiger charge is -2.28. The zero-order valence-electron chi connectivity index (χ0n) is 13.2. The van der Waals surface area contributed by atoms with Crippen molar-refractivity contribution >= 4 is 5.69 Å². The minimum absolute atomic E-state index is 0.389. The molecule has 0 saturated heterocycles. The standard InChI is InChI=1S/C16H25N5/c1-4-9-21-16(18-12-19-21)11-20(13(2)3)15-7-5-14(10-17)6-8-15/h5-8,12-13H,4,9-11,17H2,1-3H3. The second-order valence-corrected chi connectivity index (χ2v) is 5.49. The van der Waals surface area contributed by atoms with E-state index in [0.717, 1.165) is 30.9 Å². The molecule has 5 nitrogen and oxygen atoms in total. The second kappa shape index (κ2) is 7.22. The quantitative estimate of drug-likeness (QED) is 0.850. The van der Waals surface area contributed by atoms with Gasteiger partial charge in [0.25, 0.3) is 0 Å². The van der Waals surface area contributed by atoms with E-state index in [1.165, 1.54) is 5.69 Å². The SMILES string of the molecule is CCCn1ncnc1CN(c1ccc(CN)cc1)C(C)C. The maximum absolute atomic E-state index is 5.66. The highest BCUT2D eigenvalue weighted by atomic mass is 15.3. The Labute approximate surface area is 126 Å². The Morgan fingerprint density at radius 2 is 1.95 bits per heavy atom. The van der Waals surface area contributed by atoms with E-state index >= 15 is 0 Å². The minimum atomic E-state index is 0.389. The van der Waals surface area contributed by atoms with Crippen LogP contribution in [0, 0.1) is 0 Å². The molecule has 5 heteroatoms. The molecule has 0 aliphatic heterocycles. The maximum atomic E-state index is 5.66. The smallest absolute Gasteiger partial charge is 0.146 e. The van der Waals surface area contributed by atoms with Gasteiger partial charge in [-0.2, -0.15) is 5.10 Å². The van der Waals surface area contributed by atoms with Crippen molar-refractivity contribution in [2.75, 3.05) is 4.90 Å². The number of rotatable bonds is 7. The van der Waals surface area contributed by atoms with E-state index in [-0.39, 0.29) is 0 Å². The van der Waals surface area contributed by atoms with Gasteiger partial charge < -0.3 is 10.6 Å². The van der Waals surface area contributed by atoms with Crippen LogP contribution in [0.3, 0.4) is 0 Å². The monoisotopic (exact) mass is 287 g/mol. The van der Waals surface area contributed by atoms with E-state index in [9.17, 15) is 0 Å². The molecule has 0 unspecified atom stereocenters. The summed E-state index contributed by atoms with van der Waals surface area (Å²) in [5.41, 5.74) is 8.00. The van der Waals surface area contributed by atoms with Gasteiger partial charge in [-0.15, -0.1) is 0 Å².